The van der Waals surface area contributed by atoms with Crippen molar-refractivity contribution in [3.05, 3.63) is 59.2 Å². The van der Waals surface area contributed by atoms with Crippen LogP contribution in [-0.2, 0) is 40.7 Å². The van der Waals surface area contributed by atoms with Crippen molar-refractivity contribution >= 4 is 37.8 Å². The molecule has 4 atom stereocenters. The molecule has 2 aromatic rings. The van der Waals surface area contributed by atoms with Gasteiger partial charge in [0.2, 0.25) is 5.67 Å². The van der Waals surface area contributed by atoms with E-state index < -0.39 is 78.8 Å². The number of anilines is 1. The normalized spacial score (nSPS) is 25.1. The highest BCUT2D eigenvalue weighted by Crippen LogP contribution is 2.47. The second-order valence-corrected chi connectivity index (χ2v) is 18.7. The van der Waals surface area contributed by atoms with Crippen LogP contribution in [0.25, 0.3) is 0 Å². The van der Waals surface area contributed by atoms with E-state index in [2.05, 4.69) is 4.90 Å². The molecule has 3 saturated heterocycles. The van der Waals surface area contributed by atoms with E-state index >= 15 is 4.39 Å². The van der Waals surface area contributed by atoms with Gasteiger partial charge in [-0.3, -0.25) is 23.6 Å². The Kier molecular flexibility index (Phi) is 14.4. The summed E-state index contributed by atoms with van der Waals surface area (Å²) in [5, 5.41) is 9.49. The van der Waals surface area contributed by atoms with E-state index in [0.717, 1.165) is 43.4 Å². The van der Waals surface area contributed by atoms with Crippen molar-refractivity contribution in [1.29, 1.82) is 0 Å². The number of amides is 1. The van der Waals surface area contributed by atoms with Crippen LogP contribution in [0.2, 0.25) is 0 Å². The zero-order chi connectivity index (χ0) is 42.6. The van der Waals surface area contributed by atoms with Crippen LogP contribution in [-0.4, -0.2) is 136 Å². The molecule has 14 nitrogen and oxygen atoms in total. The molecule has 58 heavy (non-hydrogen) atoms. The average Bonchev–Trinajstić information content (AvgIpc) is 3.93. The first-order valence-corrected chi connectivity index (χ1v) is 22.3. The first-order chi connectivity index (χ1) is 27.1. The SMILES string of the molecule is COC[C@H]1CN(C(=O)[C@]2(F)CN(C3CCCC3)C[C@H]2c2ccc(OC)cc2)C[C@@H]1c1ccc(C(F)(F)F)cc1N1CCC(C(=O)O)CC1.O=S(=O)(O)CCS(=O)(=O)O. The van der Waals surface area contributed by atoms with Gasteiger partial charge < -0.3 is 24.4 Å². The van der Waals surface area contributed by atoms with E-state index in [1.807, 2.05) is 17.0 Å². The zero-order valence-electron chi connectivity index (χ0n) is 32.3. The summed E-state index contributed by atoms with van der Waals surface area (Å²) in [5.74, 6) is -4.74. The highest BCUT2D eigenvalue weighted by Gasteiger charge is 2.57. The third-order valence-corrected chi connectivity index (χ3v) is 13.5. The topological polar surface area (TPSA) is 191 Å². The monoisotopic (exact) mass is 865 g/mol. The molecule has 20 heteroatoms. The van der Waals surface area contributed by atoms with Gasteiger partial charge in [-0.15, -0.1) is 0 Å². The van der Waals surface area contributed by atoms with Gasteiger partial charge in [0.1, 0.15) is 5.75 Å². The molecule has 0 bridgehead atoms. The summed E-state index contributed by atoms with van der Waals surface area (Å²) in [4.78, 5) is 31.6. The molecular weight excluding hydrogens is 815 g/mol. The fourth-order valence-electron chi connectivity index (χ4n) is 8.74. The summed E-state index contributed by atoms with van der Waals surface area (Å²) in [5.41, 5.74) is -1.24. The zero-order valence-corrected chi connectivity index (χ0v) is 33.9. The predicted octanol–water partition coefficient (Wildman–Crippen LogP) is 4.72. The molecule has 0 spiro atoms. The second-order valence-electron chi connectivity index (χ2n) is 15.5. The molecule has 2 aromatic carbocycles. The molecule has 1 saturated carbocycles. The maximum atomic E-state index is 17.6. The number of carboxylic acid groups (broad SMARTS) is 1. The Morgan fingerprint density at radius 3 is 2.00 bits per heavy atom. The smallest absolute Gasteiger partial charge is 0.416 e. The summed E-state index contributed by atoms with van der Waals surface area (Å²) in [7, 11) is -5.49. The van der Waals surface area contributed by atoms with E-state index in [0.29, 0.717) is 49.5 Å². The maximum Gasteiger partial charge on any atom is 0.416 e. The summed E-state index contributed by atoms with van der Waals surface area (Å²) >= 11 is 0. The number of carbonyl (C=O) groups excluding carboxylic acids is 1. The molecule has 1 aliphatic carbocycles. The number of piperidine rings is 1. The molecule has 0 radical (unpaired) electrons. The lowest BCUT2D eigenvalue weighted by Gasteiger charge is -2.35. The predicted molar refractivity (Wildman–Crippen MR) is 205 cm³/mol. The maximum absolute atomic E-state index is 17.6. The molecule has 1 amide bonds. The first kappa shape index (κ1) is 45.5. The van der Waals surface area contributed by atoms with Crippen molar-refractivity contribution in [2.45, 2.75) is 68.2 Å². The largest absolute Gasteiger partial charge is 0.497 e. The van der Waals surface area contributed by atoms with E-state index in [-0.39, 0.29) is 38.2 Å². The highest BCUT2D eigenvalue weighted by molar-refractivity contribution is 7.89. The van der Waals surface area contributed by atoms with Gasteiger partial charge >= 0.3 is 12.1 Å². The lowest BCUT2D eigenvalue weighted by atomic mass is 9.85. The van der Waals surface area contributed by atoms with Crippen molar-refractivity contribution in [2.75, 3.05) is 76.5 Å². The van der Waals surface area contributed by atoms with Crippen LogP contribution in [0.15, 0.2) is 42.5 Å². The number of ether oxygens (including phenoxy) is 2. The van der Waals surface area contributed by atoms with Crippen molar-refractivity contribution < 1.29 is 67.7 Å². The molecule has 0 aromatic heterocycles. The van der Waals surface area contributed by atoms with Crippen molar-refractivity contribution in [3.63, 3.8) is 0 Å². The quantitative estimate of drug-likeness (QED) is 0.197. The molecular formula is C38H51F4N3O11S2. The lowest BCUT2D eigenvalue weighted by Crippen LogP contribution is -2.50. The molecule has 3 N–H and O–H groups in total. The third kappa shape index (κ3) is 11.2. The van der Waals surface area contributed by atoms with E-state index in [4.69, 9.17) is 18.6 Å². The number of methoxy groups -OCH3 is 2. The van der Waals surface area contributed by atoms with Crippen molar-refractivity contribution in [1.82, 2.24) is 9.80 Å². The van der Waals surface area contributed by atoms with Gasteiger partial charge in [0, 0.05) is 75.9 Å². The number of likely N-dealkylation sites (tertiary alicyclic amines) is 2. The summed E-state index contributed by atoms with van der Waals surface area (Å²) in [6.45, 7) is 1.60. The van der Waals surface area contributed by atoms with Crippen molar-refractivity contribution in [3.8, 4) is 5.75 Å². The first-order valence-electron chi connectivity index (χ1n) is 19.1. The molecule has 324 valence electrons. The number of hydrogen-bond acceptors (Lipinski definition) is 10. The summed E-state index contributed by atoms with van der Waals surface area (Å²) < 4.78 is 126. The van der Waals surface area contributed by atoms with Crippen LogP contribution in [0.3, 0.4) is 0 Å². The number of hydrogen-bond donors (Lipinski definition) is 3. The lowest BCUT2D eigenvalue weighted by molar-refractivity contribution is -0.143. The highest BCUT2D eigenvalue weighted by atomic mass is 32.2. The van der Waals surface area contributed by atoms with E-state index in [1.54, 1.807) is 31.3 Å². The van der Waals surface area contributed by atoms with Gasteiger partial charge in [-0.05, 0) is 61.1 Å². The minimum Gasteiger partial charge on any atom is -0.497 e. The van der Waals surface area contributed by atoms with Gasteiger partial charge in [-0.2, -0.15) is 30.0 Å². The summed E-state index contributed by atoms with van der Waals surface area (Å²) in [6.07, 6.45) is 0.173. The molecule has 4 aliphatic rings. The number of nitrogens with zero attached hydrogens (tertiary/aromatic N) is 3. The van der Waals surface area contributed by atoms with Crippen LogP contribution >= 0.6 is 0 Å². The molecule has 3 heterocycles. The number of benzene rings is 2. The van der Waals surface area contributed by atoms with E-state index in [1.165, 1.54) is 6.07 Å². The number of aliphatic carboxylic acids is 1. The number of carbonyl (C=O) groups is 2. The molecule has 6 rings (SSSR count). The Hall–Kier alpha value is -3.56. The second kappa shape index (κ2) is 18.4. The Labute approximate surface area is 336 Å². The molecule has 3 aliphatic heterocycles. The Morgan fingerprint density at radius 1 is 0.879 bits per heavy atom. The minimum atomic E-state index is -4.57. The molecule has 0 unspecified atom stereocenters. The fourth-order valence-corrected chi connectivity index (χ4v) is 10.4. The van der Waals surface area contributed by atoms with Crippen LogP contribution in [0, 0.1) is 11.8 Å². The standard InChI is InChI=1S/C36H45F4N3O5.C2H6O6S2/c1-47-21-25-18-42(19-30(25)29-12-9-26(36(38,39)40)17-32(29)41-15-13-24(14-16-41)33(44)45)34(46)35(37)22-43(27-5-3-4-6-27)20-31(35)23-7-10-28(48-2)11-8-23;3-9(4,5)1-2-10(6,7)8/h7-12,17,24-25,27,30-31H,3-6,13-16,18-22H2,1-2H3,(H,44,45);1-2H2,(H,3,4,5)(H,6,7,8)/t25-,30+,31+,35+;/m1./s1. The number of alkyl halides is 4. The average molecular weight is 866 g/mol. The molecule has 4 fully saturated rings. The Morgan fingerprint density at radius 2 is 1.48 bits per heavy atom. The van der Waals surface area contributed by atoms with Gasteiger partial charge in [-0.25, -0.2) is 4.39 Å². The van der Waals surface area contributed by atoms with Crippen LogP contribution in [0.4, 0.5) is 23.2 Å². The van der Waals surface area contributed by atoms with Gasteiger partial charge in [0.15, 0.2) is 0 Å². The fraction of sp³-hybridized carbons (Fsp3) is 0.632. The van der Waals surface area contributed by atoms with Crippen molar-refractivity contribution in [2.24, 2.45) is 11.8 Å². The van der Waals surface area contributed by atoms with Crippen LogP contribution in [0.1, 0.15) is 67.1 Å². The Balaban J connectivity index is 0.000000567. The number of rotatable bonds is 12. The van der Waals surface area contributed by atoms with Gasteiger partial charge in [0.25, 0.3) is 26.1 Å². The van der Waals surface area contributed by atoms with Gasteiger partial charge in [-0.1, -0.05) is 31.0 Å². The van der Waals surface area contributed by atoms with Gasteiger partial charge in [0.05, 0.1) is 36.7 Å². The van der Waals surface area contributed by atoms with Crippen LogP contribution < -0.4 is 9.64 Å². The minimum absolute atomic E-state index is 0.00659. The summed E-state index contributed by atoms with van der Waals surface area (Å²) in [6, 6.07) is 11.1. The third-order valence-electron chi connectivity index (χ3n) is 11.8. The van der Waals surface area contributed by atoms with Crippen LogP contribution in [0.5, 0.6) is 5.75 Å². The Bertz CT molecular complexity index is 1940. The van der Waals surface area contributed by atoms with E-state index in [9.17, 15) is 44.7 Å². The number of carboxylic acids is 1. The number of halogens is 4.